The van der Waals surface area contributed by atoms with Gasteiger partial charge in [0.1, 0.15) is 30.1 Å². The smallest absolute Gasteiger partial charge is 0.289 e. The number of furan rings is 1. The molecule has 398 valence electrons. The first-order valence-electron chi connectivity index (χ1n) is 25.6. The Hall–Kier alpha value is -8.32. The monoisotopic (exact) mass is 1030 g/mol. The number of methoxy groups -OCH3 is 3. The maximum atomic E-state index is 13.1. The van der Waals surface area contributed by atoms with Crippen molar-refractivity contribution in [1.82, 2.24) is 34.2 Å². The Morgan fingerprint density at radius 2 is 1.45 bits per heavy atom. The number of hydrogen-bond acceptors (Lipinski definition) is 16. The van der Waals surface area contributed by atoms with Crippen molar-refractivity contribution in [1.29, 1.82) is 0 Å². The van der Waals surface area contributed by atoms with Gasteiger partial charge >= 0.3 is 0 Å². The largest absolute Gasteiger partial charge is 0.495 e. The highest BCUT2D eigenvalue weighted by Crippen LogP contribution is 2.36. The minimum atomic E-state index is -0.687. The number of para-hydroxylation sites is 4. The molecule has 1 atom stereocenters. The van der Waals surface area contributed by atoms with Gasteiger partial charge in [0.2, 0.25) is 11.9 Å². The van der Waals surface area contributed by atoms with Crippen molar-refractivity contribution in [3.05, 3.63) is 138 Å². The SMILES string of the molecule is CCn1ccnc1CC1COc2ccccc2O1.COc1cc2nc(N3CCN(C(=O)c4ccco4)CC3)nc(N)c2cc1OC.COc1ccccc1N1CCN(CCN2C(=O)c3ccccc3C(C)(C)C2=O)CC1. The number of imide groups is 1. The average molecular weight is 1040 g/mol. The number of nitrogens with two attached hydrogens (primary N) is 1. The van der Waals surface area contributed by atoms with Crippen molar-refractivity contribution in [2.24, 2.45) is 0 Å². The number of ether oxygens (including phenoxy) is 5. The highest BCUT2D eigenvalue weighted by atomic mass is 16.6. The molecular weight excluding hydrogens is 969 g/mol. The molecule has 2 N–H and O–H groups in total. The number of imidazole rings is 1. The predicted molar refractivity (Wildman–Crippen MR) is 289 cm³/mol. The summed E-state index contributed by atoms with van der Waals surface area (Å²) >= 11 is 0. The molecule has 7 aromatic rings. The third-order valence-corrected chi connectivity index (χ3v) is 14.2. The first kappa shape index (κ1) is 52.5. The Balaban J connectivity index is 0.000000143. The molecule has 0 aliphatic carbocycles. The van der Waals surface area contributed by atoms with Crippen LogP contribution in [0.2, 0.25) is 0 Å². The molecule has 4 aliphatic heterocycles. The molecule has 0 spiro atoms. The number of rotatable bonds is 12. The molecule has 19 nitrogen and oxygen atoms in total. The lowest BCUT2D eigenvalue weighted by molar-refractivity contribution is -0.134. The number of carbonyl (C=O) groups is 3. The molecule has 7 heterocycles. The number of benzene rings is 4. The van der Waals surface area contributed by atoms with Crippen molar-refractivity contribution in [2.75, 3.05) is 109 Å². The highest BCUT2D eigenvalue weighted by molar-refractivity contribution is 6.12. The molecule has 3 aromatic heterocycles. The van der Waals surface area contributed by atoms with Gasteiger partial charge in [0.15, 0.2) is 28.8 Å². The minimum absolute atomic E-state index is 0.0348. The van der Waals surface area contributed by atoms with Gasteiger partial charge < -0.3 is 53.1 Å². The van der Waals surface area contributed by atoms with Crippen LogP contribution in [0, 0.1) is 0 Å². The molecule has 0 saturated carbocycles. The number of fused-ring (bicyclic) bond motifs is 3. The summed E-state index contributed by atoms with van der Waals surface area (Å²) in [5.74, 6) is 5.58. The van der Waals surface area contributed by atoms with E-state index >= 15 is 0 Å². The Labute approximate surface area is 442 Å². The number of aromatic nitrogens is 4. The zero-order chi connectivity index (χ0) is 53.3. The van der Waals surface area contributed by atoms with E-state index in [4.69, 9.17) is 33.8 Å². The van der Waals surface area contributed by atoms with Crippen LogP contribution in [0.5, 0.6) is 28.7 Å². The number of nitrogen functional groups attached to an aromatic ring is 1. The van der Waals surface area contributed by atoms with Crippen molar-refractivity contribution >= 4 is 46.1 Å². The lowest BCUT2D eigenvalue weighted by Crippen LogP contribution is -2.55. The van der Waals surface area contributed by atoms with Crippen molar-refractivity contribution in [2.45, 2.75) is 45.3 Å². The summed E-state index contributed by atoms with van der Waals surface area (Å²) in [7, 11) is 4.84. The van der Waals surface area contributed by atoms with Crippen LogP contribution < -0.4 is 39.2 Å². The average Bonchev–Trinajstić information content (AvgIpc) is 4.21. The molecule has 76 heavy (non-hydrogen) atoms. The summed E-state index contributed by atoms with van der Waals surface area (Å²) in [5.41, 5.74) is 8.73. The molecule has 4 aliphatic rings. The van der Waals surface area contributed by atoms with Gasteiger partial charge in [-0.2, -0.15) is 4.98 Å². The molecule has 11 rings (SSSR count). The number of anilines is 3. The zero-order valence-corrected chi connectivity index (χ0v) is 44.0. The van der Waals surface area contributed by atoms with E-state index in [2.05, 4.69) is 42.3 Å². The highest BCUT2D eigenvalue weighted by Gasteiger charge is 2.44. The fourth-order valence-electron chi connectivity index (χ4n) is 9.91. The molecule has 0 bridgehead atoms. The molecule has 2 saturated heterocycles. The Kier molecular flexibility index (Phi) is 16.2. The third kappa shape index (κ3) is 11.3. The van der Waals surface area contributed by atoms with E-state index in [-0.39, 0.29) is 23.8 Å². The van der Waals surface area contributed by atoms with Crippen molar-refractivity contribution in [3.63, 3.8) is 0 Å². The summed E-state index contributed by atoms with van der Waals surface area (Å²) in [6.45, 7) is 14.4. The maximum absolute atomic E-state index is 13.1. The number of aryl methyl sites for hydroxylation is 1. The lowest BCUT2D eigenvalue weighted by Gasteiger charge is -2.40. The summed E-state index contributed by atoms with van der Waals surface area (Å²) in [5, 5.41) is 0.702. The maximum Gasteiger partial charge on any atom is 0.289 e. The van der Waals surface area contributed by atoms with E-state index < -0.39 is 5.41 Å². The minimum Gasteiger partial charge on any atom is -0.495 e. The van der Waals surface area contributed by atoms with E-state index in [0.29, 0.717) is 91.4 Å². The van der Waals surface area contributed by atoms with Gasteiger partial charge in [0.05, 0.1) is 44.2 Å². The summed E-state index contributed by atoms with van der Waals surface area (Å²) in [4.78, 5) is 61.7. The van der Waals surface area contributed by atoms with E-state index in [1.807, 2.05) is 97.9 Å². The van der Waals surface area contributed by atoms with Crippen LogP contribution in [0.4, 0.5) is 17.5 Å². The Bertz CT molecular complexity index is 3130. The standard InChI is InChI=1S/C24H29N3O3.C19H21N5O4.C14H16N2O2/c1-24(2)19-9-5-4-8-18(19)22(28)27(23(24)29)17-14-25-12-15-26(16-13-25)20-10-6-7-11-21(20)30-3;1-26-15-10-12-13(11-16(15)27-2)21-19(22-17(12)20)24-7-5-23(6-8-24)18(25)14-4-3-9-28-14;1-2-16-8-7-15-14(16)9-11-10-17-12-5-3-4-6-13(12)18-11/h4-11H,12-17H2,1-3H3;3-4,9-11H,5-8H2,1-2H3,(H2,20,21,22);3-8,11H,2,9-10H2,1H3. The zero-order valence-electron chi connectivity index (χ0n) is 44.0. The van der Waals surface area contributed by atoms with Crippen molar-refractivity contribution in [3.8, 4) is 28.7 Å². The van der Waals surface area contributed by atoms with Gasteiger partial charge in [-0.1, -0.05) is 42.5 Å². The molecule has 2 fully saturated rings. The first-order chi connectivity index (χ1) is 36.9. The number of nitrogens with zero attached hydrogens (tertiary/aromatic N) is 9. The van der Waals surface area contributed by atoms with Gasteiger partial charge in [-0.3, -0.25) is 24.2 Å². The van der Waals surface area contributed by atoms with Gasteiger partial charge in [-0.05, 0) is 74.9 Å². The fraction of sp³-hybridized carbons (Fsp3) is 0.368. The van der Waals surface area contributed by atoms with Gasteiger partial charge in [0, 0.05) is 108 Å². The molecule has 19 heteroatoms. The molecule has 4 aromatic carbocycles. The summed E-state index contributed by atoms with van der Waals surface area (Å²) in [6.07, 6.45) is 6.13. The van der Waals surface area contributed by atoms with Crippen LogP contribution >= 0.6 is 0 Å². The van der Waals surface area contributed by atoms with Gasteiger partial charge in [-0.25, -0.2) is 9.97 Å². The van der Waals surface area contributed by atoms with Crippen LogP contribution in [0.25, 0.3) is 10.9 Å². The lowest BCUT2D eigenvalue weighted by atomic mass is 9.77. The molecular formula is C57H66N10O9. The van der Waals surface area contributed by atoms with Crippen molar-refractivity contribution < 1.29 is 42.5 Å². The number of hydrogen-bond donors (Lipinski definition) is 1. The number of amides is 3. The van der Waals surface area contributed by atoms with Crippen LogP contribution in [0.15, 0.2) is 120 Å². The molecule has 1 unspecified atom stereocenters. The van der Waals surface area contributed by atoms with E-state index in [9.17, 15) is 14.4 Å². The first-order valence-corrected chi connectivity index (χ1v) is 25.6. The molecule has 0 radical (unpaired) electrons. The third-order valence-electron chi connectivity index (χ3n) is 14.2. The fourth-order valence-corrected chi connectivity index (χ4v) is 9.91. The van der Waals surface area contributed by atoms with E-state index in [1.165, 1.54) is 11.2 Å². The van der Waals surface area contributed by atoms with Crippen LogP contribution in [0.3, 0.4) is 0 Å². The normalized spacial score (nSPS) is 17.0. The van der Waals surface area contributed by atoms with E-state index in [1.54, 1.807) is 50.5 Å². The predicted octanol–water partition coefficient (Wildman–Crippen LogP) is 6.85. The number of carbonyl (C=O) groups excluding carboxylic acids is 3. The number of piperazine rings is 2. The second-order valence-corrected chi connectivity index (χ2v) is 19.2. The van der Waals surface area contributed by atoms with Crippen LogP contribution in [-0.4, -0.2) is 151 Å². The quantitative estimate of drug-likeness (QED) is 0.125. The Morgan fingerprint density at radius 1 is 0.763 bits per heavy atom. The van der Waals surface area contributed by atoms with E-state index in [0.717, 1.165) is 73.5 Å². The molecule has 3 amide bonds. The second-order valence-electron chi connectivity index (χ2n) is 19.2. The second kappa shape index (κ2) is 23.5. The Morgan fingerprint density at radius 3 is 2.17 bits per heavy atom. The topological polar surface area (TPSA) is 196 Å². The van der Waals surface area contributed by atoms with Gasteiger partial charge in [0.25, 0.3) is 11.8 Å². The summed E-state index contributed by atoms with van der Waals surface area (Å²) in [6, 6.07) is 30.2. The van der Waals surface area contributed by atoms with Gasteiger partial charge in [-0.15, -0.1) is 0 Å². The van der Waals surface area contributed by atoms with Crippen LogP contribution in [-0.2, 0) is 23.2 Å². The van der Waals surface area contributed by atoms with Crippen LogP contribution in [0.1, 0.15) is 53.1 Å². The summed E-state index contributed by atoms with van der Waals surface area (Å²) < 4.78 is 35.1.